The van der Waals surface area contributed by atoms with E-state index in [1.54, 1.807) is 0 Å². The van der Waals surface area contributed by atoms with Crippen LogP contribution in [0.5, 0.6) is 0 Å². The van der Waals surface area contributed by atoms with Crippen molar-refractivity contribution in [2.75, 3.05) is 12.3 Å². The molecule has 0 atom stereocenters. The van der Waals surface area contributed by atoms with Gasteiger partial charge < -0.3 is 15.4 Å². The molecule has 3 N–H and O–H groups in total. The highest BCUT2D eigenvalue weighted by Gasteiger charge is 2.03. The standard InChI is InChI=1S/C14H20N2O/c15-13-7-5-6-12-8-10-16(14(12)13)9-3-1-2-4-11-17/h5-8,10,17H,1-4,9,11,15H2. The molecule has 2 rings (SSSR count). The lowest BCUT2D eigenvalue weighted by atomic mass is 10.2. The fraction of sp³-hybridized carbons (Fsp3) is 0.429. The molecule has 17 heavy (non-hydrogen) atoms. The van der Waals surface area contributed by atoms with Crippen LogP contribution in [-0.2, 0) is 6.54 Å². The molecule has 0 amide bonds. The van der Waals surface area contributed by atoms with Crippen LogP contribution >= 0.6 is 0 Å². The van der Waals surface area contributed by atoms with Crippen LogP contribution in [0.25, 0.3) is 10.9 Å². The molecule has 0 aliphatic carbocycles. The molecule has 0 fully saturated rings. The van der Waals surface area contributed by atoms with Crippen molar-refractivity contribution < 1.29 is 5.11 Å². The number of aliphatic hydroxyl groups excluding tert-OH is 1. The van der Waals surface area contributed by atoms with Gasteiger partial charge in [-0.05, 0) is 25.0 Å². The van der Waals surface area contributed by atoms with Crippen LogP contribution in [0, 0.1) is 0 Å². The first-order chi connectivity index (χ1) is 8.33. The smallest absolute Gasteiger partial charge is 0.0713 e. The molecule has 1 heterocycles. The molecule has 0 aliphatic heterocycles. The first-order valence-corrected chi connectivity index (χ1v) is 6.27. The van der Waals surface area contributed by atoms with E-state index in [0.29, 0.717) is 6.61 Å². The predicted molar refractivity (Wildman–Crippen MR) is 71.9 cm³/mol. The van der Waals surface area contributed by atoms with Crippen LogP contribution in [0.15, 0.2) is 30.5 Å². The average Bonchev–Trinajstić information content (AvgIpc) is 2.74. The Labute approximate surface area is 102 Å². The third kappa shape index (κ3) is 2.80. The van der Waals surface area contributed by atoms with Gasteiger partial charge in [0, 0.05) is 24.7 Å². The van der Waals surface area contributed by atoms with Crippen molar-refractivity contribution in [3.63, 3.8) is 0 Å². The van der Waals surface area contributed by atoms with Gasteiger partial charge in [0.15, 0.2) is 0 Å². The van der Waals surface area contributed by atoms with E-state index in [9.17, 15) is 0 Å². The first-order valence-electron chi connectivity index (χ1n) is 6.27. The number of aryl methyl sites for hydroxylation is 1. The number of hydrogen-bond acceptors (Lipinski definition) is 2. The summed E-state index contributed by atoms with van der Waals surface area (Å²) in [6.07, 6.45) is 6.41. The Morgan fingerprint density at radius 1 is 1.06 bits per heavy atom. The Kier molecular flexibility index (Phi) is 4.04. The molecule has 3 heteroatoms. The van der Waals surface area contributed by atoms with E-state index >= 15 is 0 Å². The summed E-state index contributed by atoms with van der Waals surface area (Å²) >= 11 is 0. The zero-order valence-electron chi connectivity index (χ0n) is 10.1. The minimum absolute atomic E-state index is 0.305. The Bertz CT molecular complexity index is 476. The number of nitrogens with two attached hydrogens (primary N) is 1. The summed E-state index contributed by atoms with van der Waals surface area (Å²) < 4.78 is 2.23. The highest BCUT2D eigenvalue weighted by molar-refractivity contribution is 5.90. The molecular weight excluding hydrogens is 212 g/mol. The Hall–Kier alpha value is -1.48. The van der Waals surface area contributed by atoms with Gasteiger partial charge in [0.2, 0.25) is 0 Å². The zero-order valence-corrected chi connectivity index (χ0v) is 10.1. The van der Waals surface area contributed by atoms with Crippen molar-refractivity contribution in [2.24, 2.45) is 0 Å². The summed E-state index contributed by atoms with van der Waals surface area (Å²) in [6.45, 7) is 1.31. The number of unbranched alkanes of at least 4 members (excludes halogenated alkanes) is 3. The van der Waals surface area contributed by atoms with Crippen LogP contribution in [0.2, 0.25) is 0 Å². The number of aromatic nitrogens is 1. The number of aliphatic hydroxyl groups is 1. The van der Waals surface area contributed by atoms with E-state index in [1.807, 2.05) is 12.1 Å². The lowest BCUT2D eigenvalue weighted by Gasteiger charge is -2.07. The van der Waals surface area contributed by atoms with Gasteiger partial charge >= 0.3 is 0 Å². The maximum Gasteiger partial charge on any atom is 0.0713 e. The summed E-state index contributed by atoms with van der Waals surface area (Å²) in [7, 11) is 0. The summed E-state index contributed by atoms with van der Waals surface area (Å²) in [5.41, 5.74) is 8.00. The molecule has 0 saturated carbocycles. The minimum atomic E-state index is 0.305. The molecule has 3 nitrogen and oxygen atoms in total. The molecular formula is C14H20N2O. The SMILES string of the molecule is Nc1cccc2ccn(CCCCCCO)c12. The molecule has 0 unspecified atom stereocenters. The lowest BCUT2D eigenvalue weighted by Crippen LogP contribution is -1.99. The van der Waals surface area contributed by atoms with E-state index in [2.05, 4.69) is 22.9 Å². The van der Waals surface area contributed by atoms with Gasteiger partial charge in [-0.15, -0.1) is 0 Å². The van der Waals surface area contributed by atoms with Gasteiger partial charge in [0.1, 0.15) is 0 Å². The number of nitrogen functional groups attached to an aromatic ring is 1. The van der Waals surface area contributed by atoms with Crippen LogP contribution < -0.4 is 5.73 Å². The van der Waals surface area contributed by atoms with E-state index in [4.69, 9.17) is 10.8 Å². The molecule has 0 radical (unpaired) electrons. The highest BCUT2D eigenvalue weighted by Crippen LogP contribution is 2.22. The lowest BCUT2D eigenvalue weighted by molar-refractivity contribution is 0.282. The van der Waals surface area contributed by atoms with Gasteiger partial charge in [0.25, 0.3) is 0 Å². The second kappa shape index (κ2) is 5.73. The van der Waals surface area contributed by atoms with Gasteiger partial charge in [-0.3, -0.25) is 0 Å². The summed E-state index contributed by atoms with van der Waals surface area (Å²) in [5.74, 6) is 0. The molecule has 92 valence electrons. The predicted octanol–water partition coefficient (Wildman–Crippen LogP) is 2.78. The van der Waals surface area contributed by atoms with E-state index < -0.39 is 0 Å². The van der Waals surface area contributed by atoms with E-state index in [-0.39, 0.29) is 0 Å². The van der Waals surface area contributed by atoms with Crippen LogP contribution in [-0.4, -0.2) is 16.3 Å². The maximum absolute atomic E-state index is 8.71. The van der Waals surface area contributed by atoms with Crippen LogP contribution in [0.3, 0.4) is 0 Å². The minimum Gasteiger partial charge on any atom is -0.397 e. The van der Waals surface area contributed by atoms with E-state index in [1.165, 1.54) is 5.39 Å². The molecule has 1 aromatic carbocycles. The van der Waals surface area contributed by atoms with Crippen LogP contribution in [0.1, 0.15) is 25.7 Å². The topological polar surface area (TPSA) is 51.2 Å². The largest absolute Gasteiger partial charge is 0.397 e. The molecule has 2 aromatic rings. The van der Waals surface area contributed by atoms with Crippen molar-refractivity contribution in [3.8, 4) is 0 Å². The summed E-state index contributed by atoms with van der Waals surface area (Å²) in [5, 5.41) is 9.91. The van der Waals surface area contributed by atoms with Crippen molar-refractivity contribution >= 4 is 16.6 Å². The third-order valence-corrected chi connectivity index (χ3v) is 3.13. The summed E-state index contributed by atoms with van der Waals surface area (Å²) in [6, 6.07) is 8.14. The molecule has 0 bridgehead atoms. The van der Waals surface area contributed by atoms with Crippen LogP contribution in [0.4, 0.5) is 5.69 Å². The van der Waals surface area contributed by atoms with Crippen molar-refractivity contribution in [3.05, 3.63) is 30.5 Å². The Morgan fingerprint density at radius 3 is 2.71 bits per heavy atom. The normalized spacial score (nSPS) is 11.1. The number of benzene rings is 1. The second-order valence-electron chi connectivity index (χ2n) is 4.43. The van der Waals surface area contributed by atoms with Crippen molar-refractivity contribution in [2.45, 2.75) is 32.2 Å². The third-order valence-electron chi connectivity index (χ3n) is 3.13. The Balaban J connectivity index is 1.99. The Morgan fingerprint density at radius 2 is 1.88 bits per heavy atom. The number of rotatable bonds is 6. The average molecular weight is 232 g/mol. The van der Waals surface area contributed by atoms with Gasteiger partial charge in [0.05, 0.1) is 11.2 Å². The monoisotopic (exact) mass is 232 g/mol. The fourth-order valence-electron chi connectivity index (χ4n) is 2.22. The number of hydrogen-bond donors (Lipinski definition) is 2. The number of fused-ring (bicyclic) bond motifs is 1. The summed E-state index contributed by atoms with van der Waals surface area (Å²) in [4.78, 5) is 0. The van der Waals surface area contributed by atoms with Gasteiger partial charge in [-0.25, -0.2) is 0 Å². The zero-order chi connectivity index (χ0) is 12.1. The van der Waals surface area contributed by atoms with Gasteiger partial charge in [-0.1, -0.05) is 25.0 Å². The molecule has 0 saturated heterocycles. The molecule has 0 spiro atoms. The number of anilines is 1. The second-order valence-corrected chi connectivity index (χ2v) is 4.43. The van der Waals surface area contributed by atoms with Crippen molar-refractivity contribution in [1.82, 2.24) is 4.57 Å². The maximum atomic E-state index is 8.71. The number of para-hydroxylation sites is 1. The first kappa shape index (κ1) is 12.0. The fourth-order valence-corrected chi connectivity index (χ4v) is 2.22. The molecule has 1 aromatic heterocycles. The quantitative estimate of drug-likeness (QED) is 0.594. The van der Waals surface area contributed by atoms with Crippen molar-refractivity contribution in [1.29, 1.82) is 0 Å². The highest BCUT2D eigenvalue weighted by atomic mass is 16.2. The van der Waals surface area contributed by atoms with Gasteiger partial charge in [-0.2, -0.15) is 0 Å². The number of nitrogens with zero attached hydrogens (tertiary/aromatic N) is 1. The molecule has 0 aliphatic rings. The van der Waals surface area contributed by atoms with E-state index in [0.717, 1.165) is 43.4 Å².